The van der Waals surface area contributed by atoms with Gasteiger partial charge in [0, 0.05) is 5.56 Å². The number of carbonyl (C=O) groups is 3. The van der Waals surface area contributed by atoms with Gasteiger partial charge in [0.2, 0.25) is 0 Å². The summed E-state index contributed by atoms with van der Waals surface area (Å²) in [5, 5.41) is 2.21. The number of amides is 1. The largest absolute Gasteiger partial charge is 0.456 e. The standard InChI is InChI=1S/C17H14FNO5/c18-13-8-6-12(7-9-13)15(20)11-23-16(21)10-19-17(22)24-14-4-2-1-3-5-14/h1-9H,10-11H2,(H,19,22). The van der Waals surface area contributed by atoms with Crippen molar-refractivity contribution in [3.05, 3.63) is 66.0 Å². The molecule has 2 aromatic carbocycles. The number of rotatable bonds is 6. The molecular weight excluding hydrogens is 317 g/mol. The predicted molar refractivity (Wildman–Crippen MR) is 82.2 cm³/mol. The van der Waals surface area contributed by atoms with Crippen molar-refractivity contribution in [2.24, 2.45) is 0 Å². The van der Waals surface area contributed by atoms with Gasteiger partial charge in [0.15, 0.2) is 12.4 Å². The van der Waals surface area contributed by atoms with Crippen molar-refractivity contribution < 1.29 is 28.2 Å². The molecule has 124 valence electrons. The van der Waals surface area contributed by atoms with Gasteiger partial charge in [-0.05, 0) is 36.4 Å². The van der Waals surface area contributed by atoms with Crippen LogP contribution in [0.15, 0.2) is 54.6 Å². The smallest absolute Gasteiger partial charge is 0.413 e. The maximum Gasteiger partial charge on any atom is 0.413 e. The Kier molecular flexibility index (Phi) is 6.01. The minimum Gasteiger partial charge on any atom is -0.456 e. The summed E-state index contributed by atoms with van der Waals surface area (Å²) >= 11 is 0. The molecule has 0 bridgehead atoms. The minimum atomic E-state index is -0.817. The molecule has 0 aliphatic rings. The quantitative estimate of drug-likeness (QED) is 0.649. The molecule has 1 N–H and O–H groups in total. The highest BCUT2D eigenvalue weighted by Crippen LogP contribution is 2.08. The lowest BCUT2D eigenvalue weighted by Crippen LogP contribution is -2.33. The monoisotopic (exact) mass is 331 g/mol. The third-order valence-corrected chi connectivity index (χ3v) is 2.86. The second-order valence-electron chi connectivity index (χ2n) is 4.65. The first-order chi connectivity index (χ1) is 11.5. The Labute approximate surface area is 137 Å². The number of hydrogen-bond acceptors (Lipinski definition) is 5. The van der Waals surface area contributed by atoms with Crippen LogP contribution in [0.1, 0.15) is 10.4 Å². The van der Waals surface area contributed by atoms with Crippen molar-refractivity contribution in [1.82, 2.24) is 5.32 Å². The number of esters is 1. The molecule has 2 aromatic rings. The number of hydrogen-bond donors (Lipinski definition) is 1. The summed E-state index contributed by atoms with van der Waals surface area (Å²) in [6, 6.07) is 13.2. The molecular formula is C17H14FNO5. The minimum absolute atomic E-state index is 0.223. The number of ketones is 1. The van der Waals surface area contributed by atoms with E-state index in [1.807, 2.05) is 0 Å². The molecule has 0 aliphatic carbocycles. The second kappa shape index (κ2) is 8.42. The zero-order chi connectivity index (χ0) is 17.4. The van der Waals surface area contributed by atoms with Crippen molar-refractivity contribution in [1.29, 1.82) is 0 Å². The summed E-state index contributed by atoms with van der Waals surface area (Å²) in [4.78, 5) is 34.7. The molecule has 7 heteroatoms. The van der Waals surface area contributed by atoms with E-state index < -0.39 is 36.8 Å². The first-order valence-corrected chi connectivity index (χ1v) is 7.00. The van der Waals surface area contributed by atoms with Gasteiger partial charge in [-0.1, -0.05) is 18.2 Å². The highest BCUT2D eigenvalue weighted by Gasteiger charge is 2.12. The third-order valence-electron chi connectivity index (χ3n) is 2.86. The van der Waals surface area contributed by atoms with E-state index in [0.29, 0.717) is 5.75 Å². The van der Waals surface area contributed by atoms with Gasteiger partial charge < -0.3 is 14.8 Å². The van der Waals surface area contributed by atoms with Crippen LogP contribution in [0.3, 0.4) is 0 Å². The van der Waals surface area contributed by atoms with Gasteiger partial charge in [0.25, 0.3) is 0 Å². The van der Waals surface area contributed by atoms with E-state index in [4.69, 9.17) is 9.47 Å². The third kappa shape index (κ3) is 5.53. The number of para-hydroxylation sites is 1. The molecule has 0 aliphatic heterocycles. The van der Waals surface area contributed by atoms with E-state index >= 15 is 0 Å². The van der Waals surface area contributed by atoms with Gasteiger partial charge >= 0.3 is 12.1 Å². The van der Waals surface area contributed by atoms with Crippen molar-refractivity contribution in [2.45, 2.75) is 0 Å². The molecule has 0 saturated carbocycles. The molecule has 0 aromatic heterocycles. The molecule has 0 saturated heterocycles. The summed E-state index contributed by atoms with van der Waals surface area (Å²) in [5.74, 6) is -1.41. The summed E-state index contributed by atoms with van der Waals surface area (Å²) in [7, 11) is 0. The normalized spacial score (nSPS) is 9.88. The van der Waals surface area contributed by atoms with E-state index in [1.165, 1.54) is 12.1 Å². The SMILES string of the molecule is O=C(CNC(=O)Oc1ccccc1)OCC(=O)c1ccc(F)cc1. The zero-order valence-corrected chi connectivity index (χ0v) is 12.5. The Balaban J connectivity index is 1.70. The van der Waals surface area contributed by atoms with E-state index in [0.717, 1.165) is 12.1 Å². The van der Waals surface area contributed by atoms with Crippen LogP contribution in [0.5, 0.6) is 5.75 Å². The van der Waals surface area contributed by atoms with E-state index in [2.05, 4.69) is 5.32 Å². The number of halogens is 1. The first kappa shape index (κ1) is 17.1. The molecule has 0 unspecified atom stereocenters. The summed E-state index contributed by atoms with van der Waals surface area (Å²) in [5.41, 5.74) is 0.223. The Morgan fingerprint density at radius 2 is 1.62 bits per heavy atom. The summed E-state index contributed by atoms with van der Waals surface area (Å²) in [6.45, 7) is -0.942. The number of Topliss-reactive ketones (excluding diaryl/α,β-unsaturated/α-hetero) is 1. The topological polar surface area (TPSA) is 81.7 Å². The van der Waals surface area contributed by atoms with Crippen LogP contribution < -0.4 is 10.1 Å². The molecule has 0 spiro atoms. The van der Waals surface area contributed by atoms with Crippen molar-refractivity contribution >= 4 is 17.8 Å². The summed E-state index contributed by atoms with van der Waals surface area (Å²) < 4.78 is 22.4. The van der Waals surface area contributed by atoms with Crippen LogP contribution in [0, 0.1) is 5.82 Å². The molecule has 6 nitrogen and oxygen atoms in total. The maximum absolute atomic E-state index is 12.7. The van der Waals surface area contributed by atoms with Gasteiger partial charge in [0.1, 0.15) is 18.1 Å². The van der Waals surface area contributed by atoms with Gasteiger partial charge in [-0.2, -0.15) is 0 Å². The first-order valence-electron chi connectivity index (χ1n) is 7.00. The molecule has 0 atom stereocenters. The van der Waals surface area contributed by atoms with Crippen LogP contribution in [0.4, 0.5) is 9.18 Å². The van der Waals surface area contributed by atoms with Gasteiger partial charge in [-0.15, -0.1) is 0 Å². The van der Waals surface area contributed by atoms with Crippen LogP contribution in [0.25, 0.3) is 0 Å². The van der Waals surface area contributed by atoms with Crippen LogP contribution in [-0.2, 0) is 9.53 Å². The lowest BCUT2D eigenvalue weighted by molar-refractivity contribution is -0.141. The van der Waals surface area contributed by atoms with Crippen LogP contribution in [0.2, 0.25) is 0 Å². The molecule has 2 rings (SSSR count). The fraction of sp³-hybridized carbons (Fsp3) is 0.118. The number of ether oxygens (including phenoxy) is 2. The second-order valence-corrected chi connectivity index (χ2v) is 4.65. The van der Waals surface area contributed by atoms with Crippen molar-refractivity contribution in [2.75, 3.05) is 13.2 Å². The van der Waals surface area contributed by atoms with Crippen LogP contribution >= 0.6 is 0 Å². The van der Waals surface area contributed by atoms with E-state index in [1.54, 1.807) is 30.3 Å². The fourth-order valence-corrected chi connectivity index (χ4v) is 1.69. The van der Waals surface area contributed by atoms with Gasteiger partial charge in [-0.25, -0.2) is 9.18 Å². The Morgan fingerprint density at radius 3 is 2.29 bits per heavy atom. The number of carbonyl (C=O) groups excluding carboxylic acids is 3. The Hall–Kier alpha value is -3.22. The van der Waals surface area contributed by atoms with Crippen molar-refractivity contribution in [3.8, 4) is 5.75 Å². The molecule has 24 heavy (non-hydrogen) atoms. The average Bonchev–Trinajstić information content (AvgIpc) is 2.59. The summed E-state index contributed by atoms with van der Waals surface area (Å²) in [6.07, 6.45) is -0.817. The zero-order valence-electron chi connectivity index (χ0n) is 12.5. The van der Waals surface area contributed by atoms with Crippen molar-refractivity contribution in [3.63, 3.8) is 0 Å². The maximum atomic E-state index is 12.7. The predicted octanol–water partition coefficient (Wildman–Crippen LogP) is 2.34. The molecule has 0 fully saturated rings. The lowest BCUT2D eigenvalue weighted by Gasteiger charge is -2.07. The molecule has 1 amide bonds. The highest BCUT2D eigenvalue weighted by atomic mass is 19.1. The number of nitrogens with one attached hydrogen (secondary N) is 1. The Morgan fingerprint density at radius 1 is 0.958 bits per heavy atom. The van der Waals surface area contributed by atoms with Gasteiger partial charge in [0.05, 0.1) is 0 Å². The van der Waals surface area contributed by atoms with E-state index in [-0.39, 0.29) is 5.56 Å². The van der Waals surface area contributed by atoms with Gasteiger partial charge in [-0.3, -0.25) is 9.59 Å². The Bertz CT molecular complexity index is 716. The average molecular weight is 331 g/mol. The lowest BCUT2D eigenvalue weighted by atomic mass is 10.1. The number of benzene rings is 2. The molecule has 0 heterocycles. The van der Waals surface area contributed by atoms with E-state index in [9.17, 15) is 18.8 Å². The van der Waals surface area contributed by atoms with Crippen LogP contribution in [-0.4, -0.2) is 31.0 Å². The highest BCUT2D eigenvalue weighted by molar-refractivity contribution is 5.98. The fourth-order valence-electron chi connectivity index (χ4n) is 1.69. The molecule has 0 radical (unpaired) electrons.